The molecular formula is C20H23N5O4. The number of H-pyrrole nitrogens is 1. The first-order valence-corrected chi connectivity index (χ1v) is 9.17. The normalized spacial score (nSPS) is 10.3. The number of hydrogen-bond donors (Lipinski definition) is 3. The van der Waals surface area contributed by atoms with E-state index in [9.17, 15) is 4.79 Å². The van der Waals surface area contributed by atoms with Gasteiger partial charge >= 0.3 is 0 Å². The van der Waals surface area contributed by atoms with Crippen molar-refractivity contribution >= 4 is 23.1 Å². The number of carbonyl (C=O) groups is 1. The number of carbonyl (C=O) groups excluding carboxylic acids is 1. The van der Waals surface area contributed by atoms with Gasteiger partial charge in [0.15, 0.2) is 11.5 Å². The summed E-state index contributed by atoms with van der Waals surface area (Å²) in [5.74, 6) is 1.75. The first-order valence-electron chi connectivity index (χ1n) is 9.17. The van der Waals surface area contributed by atoms with Crippen molar-refractivity contribution in [3.8, 4) is 17.2 Å². The van der Waals surface area contributed by atoms with E-state index in [1.54, 1.807) is 37.4 Å². The molecule has 0 fully saturated rings. The highest BCUT2D eigenvalue weighted by molar-refractivity contribution is 6.07. The molecule has 1 amide bonds. The van der Waals surface area contributed by atoms with Crippen LogP contribution in [0, 0.1) is 0 Å². The maximum atomic E-state index is 12.8. The molecule has 29 heavy (non-hydrogen) atoms. The summed E-state index contributed by atoms with van der Waals surface area (Å²) in [7, 11) is 1.60. The van der Waals surface area contributed by atoms with Gasteiger partial charge in [-0.25, -0.2) is 0 Å². The van der Waals surface area contributed by atoms with Crippen LogP contribution in [-0.2, 0) is 0 Å². The molecule has 0 radical (unpaired) electrons. The summed E-state index contributed by atoms with van der Waals surface area (Å²) in [5.41, 5.74) is 1.34. The topological polar surface area (TPSA) is 110 Å². The molecule has 1 aromatic heterocycles. The minimum absolute atomic E-state index is 0.116. The highest BCUT2D eigenvalue weighted by Gasteiger charge is 2.19. The maximum Gasteiger partial charge on any atom is 0.280 e. The molecule has 0 saturated carbocycles. The van der Waals surface area contributed by atoms with Gasteiger partial charge in [0.25, 0.3) is 5.91 Å². The van der Waals surface area contributed by atoms with E-state index in [4.69, 9.17) is 14.2 Å². The molecule has 0 saturated heterocycles. The van der Waals surface area contributed by atoms with Crippen molar-refractivity contribution in [3.05, 3.63) is 48.2 Å². The minimum Gasteiger partial charge on any atom is -0.497 e. The van der Waals surface area contributed by atoms with Crippen LogP contribution in [-0.4, -0.2) is 41.6 Å². The van der Waals surface area contributed by atoms with Crippen LogP contribution in [0.2, 0.25) is 0 Å². The van der Waals surface area contributed by atoms with Gasteiger partial charge in [-0.3, -0.25) is 4.79 Å². The lowest BCUT2D eigenvalue weighted by molar-refractivity contribution is 0.102. The van der Waals surface area contributed by atoms with E-state index in [-0.39, 0.29) is 5.69 Å². The maximum absolute atomic E-state index is 12.8. The summed E-state index contributed by atoms with van der Waals surface area (Å²) in [6.07, 6.45) is 0. The second-order valence-electron chi connectivity index (χ2n) is 5.85. The van der Waals surface area contributed by atoms with Crippen LogP contribution < -0.4 is 24.8 Å². The van der Waals surface area contributed by atoms with Gasteiger partial charge in [0, 0.05) is 11.8 Å². The predicted molar refractivity (Wildman–Crippen MR) is 109 cm³/mol. The number of anilines is 3. The number of aromatic nitrogens is 3. The van der Waals surface area contributed by atoms with Crippen LogP contribution in [0.1, 0.15) is 24.3 Å². The van der Waals surface area contributed by atoms with E-state index in [1.165, 1.54) is 0 Å². The third-order valence-corrected chi connectivity index (χ3v) is 3.93. The van der Waals surface area contributed by atoms with Crippen molar-refractivity contribution in [3.63, 3.8) is 0 Å². The molecule has 0 atom stereocenters. The van der Waals surface area contributed by atoms with E-state index in [2.05, 4.69) is 26.0 Å². The lowest BCUT2D eigenvalue weighted by Gasteiger charge is -2.13. The lowest BCUT2D eigenvalue weighted by atomic mass is 10.2. The summed E-state index contributed by atoms with van der Waals surface area (Å²) in [6.45, 7) is 4.74. The zero-order chi connectivity index (χ0) is 20.6. The SMILES string of the molecule is CCOc1ccc(OCC)c(NC(=O)c2n[nH]nc2Nc2ccc(OC)cc2)c1. The number of nitrogens with one attached hydrogen (secondary N) is 3. The Balaban J connectivity index is 1.79. The molecule has 0 unspecified atom stereocenters. The molecule has 1 heterocycles. The molecule has 0 bridgehead atoms. The summed E-state index contributed by atoms with van der Waals surface area (Å²) < 4.78 is 16.2. The number of rotatable bonds is 9. The van der Waals surface area contributed by atoms with Gasteiger partial charge in [-0.2, -0.15) is 5.21 Å². The number of methoxy groups -OCH3 is 1. The van der Waals surface area contributed by atoms with E-state index in [1.807, 2.05) is 26.0 Å². The number of amides is 1. The van der Waals surface area contributed by atoms with Gasteiger partial charge in [-0.1, -0.05) is 0 Å². The second kappa shape index (κ2) is 9.45. The first kappa shape index (κ1) is 20.0. The number of aromatic amines is 1. The fourth-order valence-corrected chi connectivity index (χ4v) is 2.61. The molecule has 0 aliphatic heterocycles. The third kappa shape index (κ3) is 4.95. The van der Waals surface area contributed by atoms with Gasteiger partial charge in [0.1, 0.15) is 17.2 Å². The van der Waals surface area contributed by atoms with Gasteiger partial charge in [0.2, 0.25) is 0 Å². The molecular weight excluding hydrogens is 374 g/mol. The number of nitrogens with zero attached hydrogens (tertiary/aromatic N) is 2. The zero-order valence-electron chi connectivity index (χ0n) is 16.5. The summed E-state index contributed by atoms with van der Waals surface area (Å²) in [5, 5.41) is 16.4. The van der Waals surface area contributed by atoms with Crippen LogP contribution in [0.3, 0.4) is 0 Å². The van der Waals surface area contributed by atoms with E-state index in [0.717, 1.165) is 11.4 Å². The van der Waals surface area contributed by atoms with Crippen LogP contribution in [0.4, 0.5) is 17.2 Å². The summed E-state index contributed by atoms with van der Waals surface area (Å²) in [6, 6.07) is 12.5. The van der Waals surface area contributed by atoms with Crippen molar-refractivity contribution in [2.24, 2.45) is 0 Å². The standard InChI is InChI=1S/C20H23N5O4/c1-4-28-15-10-11-17(29-5-2)16(12-15)22-20(26)18-19(24-25-23-18)21-13-6-8-14(27-3)9-7-13/h6-12H,4-5H2,1-3H3,(H,22,26)(H2,21,23,24,25). The Bertz CT molecular complexity index is 956. The van der Waals surface area contributed by atoms with Crippen molar-refractivity contribution in [2.75, 3.05) is 31.0 Å². The van der Waals surface area contributed by atoms with Crippen LogP contribution in [0.15, 0.2) is 42.5 Å². The molecule has 3 aromatic rings. The molecule has 152 valence electrons. The van der Waals surface area contributed by atoms with Gasteiger partial charge in [-0.15, -0.1) is 10.2 Å². The Morgan fingerprint density at radius 2 is 1.72 bits per heavy atom. The second-order valence-corrected chi connectivity index (χ2v) is 5.85. The van der Waals surface area contributed by atoms with Gasteiger partial charge in [0.05, 0.1) is 26.0 Å². The minimum atomic E-state index is -0.440. The Kier molecular flexibility index (Phi) is 6.51. The molecule has 2 aromatic carbocycles. The molecule has 0 aliphatic rings. The third-order valence-electron chi connectivity index (χ3n) is 3.93. The van der Waals surface area contributed by atoms with Gasteiger partial charge < -0.3 is 24.8 Å². The quantitative estimate of drug-likeness (QED) is 0.506. The Morgan fingerprint density at radius 1 is 1.00 bits per heavy atom. The fraction of sp³-hybridized carbons (Fsp3) is 0.250. The smallest absolute Gasteiger partial charge is 0.280 e. The molecule has 3 N–H and O–H groups in total. The van der Waals surface area contributed by atoms with Gasteiger partial charge in [-0.05, 0) is 50.2 Å². The van der Waals surface area contributed by atoms with E-state index >= 15 is 0 Å². The predicted octanol–water partition coefficient (Wildman–Crippen LogP) is 3.61. The van der Waals surface area contributed by atoms with E-state index in [0.29, 0.717) is 36.2 Å². The Hall–Kier alpha value is -3.75. The molecule has 0 aliphatic carbocycles. The molecule has 0 spiro atoms. The van der Waals surface area contributed by atoms with E-state index < -0.39 is 5.91 Å². The summed E-state index contributed by atoms with van der Waals surface area (Å²) >= 11 is 0. The van der Waals surface area contributed by atoms with Crippen molar-refractivity contribution in [1.29, 1.82) is 0 Å². The van der Waals surface area contributed by atoms with Crippen LogP contribution in [0.5, 0.6) is 17.2 Å². The largest absolute Gasteiger partial charge is 0.497 e. The Labute approximate surface area is 168 Å². The number of ether oxygens (including phenoxy) is 3. The zero-order valence-corrected chi connectivity index (χ0v) is 16.5. The fourth-order valence-electron chi connectivity index (χ4n) is 2.61. The first-order chi connectivity index (χ1) is 14.1. The molecule has 3 rings (SSSR count). The van der Waals surface area contributed by atoms with Crippen LogP contribution >= 0.6 is 0 Å². The van der Waals surface area contributed by atoms with Crippen molar-refractivity contribution in [2.45, 2.75) is 13.8 Å². The highest BCUT2D eigenvalue weighted by atomic mass is 16.5. The average Bonchev–Trinajstić information content (AvgIpc) is 3.19. The number of benzene rings is 2. The lowest BCUT2D eigenvalue weighted by Crippen LogP contribution is -2.15. The van der Waals surface area contributed by atoms with Crippen molar-refractivity contribution < 1.29 is 19.0 Å². The average molecular weight is 397 g/mol. The Morgan fingerprint density at radius 3 is 2.41 bits per heavy atom. The molecule has 9 heteroatoms. The van der Waals surface area contributed by atoms with Crippen molar-refractivity contribution in [1.82, 2.24) is 15.4 Å². The van der Waals surface area contributed by atoms with Crippen LogP contribution in [0.25, 0.3) is 0 Å². The summed E-state index contributed by atoms with van der Waals surface area (Å²) in [4.78, 5) is 12.8. The monoisotopic (exact) mass is 397 g/mol. The molecule has 9 nitrogen and oxygen atoms in total. The number of hydrogen-bond acceptors (Lipinski definition) is 7. The highest BCUT2D eigenvalue weighted by Crippen LogP contribution is 2.30.